The van der Waals surface area contributed by atoms with E-state index in [1.807, 2.05) is 0 Å². The lowest BCUT2D eigenvalue weighted by Gasteiger charge is -2.34. The molecule has 6 heteroatoms. The molecule has 0 bridgehead atoms. The van der Waals surface area contributed by atoms with E-state index in [0.717, 1.165) is 19.3 Å². The van der Waals surface area contributed by atoms with Crippen LogP contribution >= 0.6 is 47.2 Å². The Morgan fingerprint density at radius 3 is 2.33 bits per heavy atom. The van der Waals surface area contributed by atoms with Gasteiger partial charge in [-0.15, -0.1) is 12.4 Å². The van der Waals surface area contributed by atoms with Gasteiger partial charge in [0.2, 0.25) is 0 Å². The van der Waals surface area contributed by atoms with Crippen LogP contribution < -0.4 is 5.73 Å². The summed E-state index contributed by atoms with van der Waals surface area (Å²) in [6.07, 6.45) is 2.59. The molecule has 0 amide bonds. The first-order valence-corrected chi connectivity index (χ1v) is 6.72. The Balaban J connectivity index is 0.00000162. The van der Waals surface area contributed by atoms with Gasteiger partial charge in [-0.1, -0.05) is 41.2 Å². The van der Waals surface area contributed by atoms with E-state index in [1.165, 1.54) is 0 Å². The molecule has 0 heterocycles. The summed E-state index contributed by atoms with van der Waals surface area (Å²) in [5, 5.41) is 11.3. The van der Waals surface area contributed by atoms with Gasteiger partial charge >= 0.3 is 0 Å². The van der Waals surface area contributed by atoms with E-state index in [4.69, 9.17) is 40.5 Å². The Morgan fingerprint density at radius 1 is 1.22 bits per heavy atom. The fourth-order valence-corrected chi connectivity index (χ4v) is 2.82. The number of aliphatic hydroxyl groups excluding tert-OH is 1. The Hall–Kier alpha value is 0.300. The van der Waals surface area contributed by atoms with E-state index < -0.39 is 12.1 Å². The number of nitrogens with two attached hydrogens (primary N) is 1. The van der Waals surface area contributed by atoms with E-state index >= 15 is 0 Å². The smallest absolute Gasteiger partial charge is 0.0761 e. The summed E-state index contributed by atoms with van der Waals surface area (Å²) in [4.78, 5) is 0. The molecular formula is C12H15Cl4NO. The molecule has 3 N–H and O–H groups in total. The molecule has 0 aliphatic heterocycles. The molecule has 0 saturated heterocycles. The third kappa shape index (κ3) is 3.24. The van der Waals surface area contributed by atoms with Crippen molar-refractivity contribution in [1.82, 2.24) is 0 Å². The van der Waals surface area contributed by atoms with Gasteiger partial charge in [-0.25, -0.2) is 0 Å². The van der Waals surface area contributed by atoms with Gasteiger partial charge in [0.1, 0.15) is 0 Å². The average molecular weight is 331 g/mol. The van der Waals surface area contributed by atoms with Crippen molar-refractivity contribution in [2.75, 3.05) is 0 Å². The fraction of sp³-hybridized carbons (Fsp3) is 0.500. The molecule has 1 aliphatic rings. The average Bonchev–Trinajstić information content (AvgIpc) is 2.19. The second-order valence-electron chi connectivity index (χ2n) is 4.50. The number of benzene rings is 1. The number of halogens is 4. The fourth-order valence-electron chi connectivity index (χ4n) is 2.08. The van der Waals surface area contributed by atoms with E-state index in [2.05, 4.69) is 0 Å². The summed E-state index contributed by atoms with van der Waals surface area (Å²) in [5.74, 6) is 0.263. The highest BCUT2D eigenvalue weighted by Crippen LogP contribution is 2.38. The lowest BCUT2D eigenvalue weighted by molar-refractivity contribution is 0.0414. The molecular weight excluding hydrogens is 316 g/mol. The molecule has 0 aromatic heterocycles. The lowest BCUT2D eigenvalue weighted by Crippen LogP contribution is -2.36. The van der Waals surface area contributed by atoms with Gasteiger partial charge in [0.05, 0.1) is 22.2 Å². The Kier molecular flexibility index (Phi) is 6.04. The van der Waals surface area contributed by atoms with Crippen molar-refractivity contribution in [2.45, 2.75) is 31.4 Å². The van der Waals surface area contributed by atoms with Crippen molar-refractivity contribution in [2.24, 2.45) is 11.7 Å². The van der Waals surface area contributed by atoms with Crippen LogP contribution in [0.15, 0.2) is 12.1 Å². The van der Waals surface area contributed by atoms with Crippen LogP contribution in [-0.2, 0) is 0 Å². The lowest BCUT2D eigenvalue weighted by atomic mass is 9.77. The van der Waals surface area contributed by atoms with Gasteiger partial charge in [0, 0.05) is 5.02 Å². The molecule has 0 spiro atoms. The van der Waals surface area contributed by atoms with Gasteiger partial charge in [-0.05, 0) is 36.5 Å². The van der Waals surface area contributed by atoms with Crippen LogP contribution in [0, 0.1) is 5.92 Å². The van der Waals surface area contributed by atoms with Crippen LogP contribution in [0.1, 0.15) is 30.9 Å². The molecule has 1 fully saturated rings. The third-order valence-corrected chi connectivity index (χ3v) is 4.42. The minimum absolute atomic E-state index is 0. The first kappa shape index (κ1) is 16.4. The minimum atomic E-state index is -0.587. The molecule has 1 aromatic rings. The van der Waals surface area contributed by atoms with Gasteiger partial charge in [-0.2, -0.15) is 0 Å². The van der Waals surface area contributed by atoms with Gasteiger partial charge < -0.3 is 10.8 Å². The summed E-state index contributed by atoms with van der Waals surface area (Å²) in [7, 11) is 0. The zero-order chi connectivity index (χ0) is 12.6. The Labute approximate surface area is 128 Å². The Bertz CT molecular complexity index is 423. The molecule has 0 radical (unpaired) electrons. The molecule has 0 unspecified atom stereocenters. The Morgan fingerprint density at radius 2 is 1.83 bits per heavy atom. The summed E-state index contributed by atoms with van der Waals surface area (Å²) in [6, 6.07) is 2.70. The summed E-state index contributed by atoms with van der Waals surface area (Å²) < 4.78 is 0. The normalized spacial score (nSPS) is 18.7. The van der Waals surface area contributed by atoms with Crippen molar-refractivity contribution in [1.29, 1.82) is 0 Å². The molecule has 1 aromatic carbocycles. The second kappa shape index (κ2) is 6.65. The number of rotatable bonds is 3. The summed E-state index contributed by atoms with van der Waals surface area (Å²) >= 11 is 17.9. The van der Waals surface area contributed by atoms with Crippen LogP contribution in [0.2, 0.25) is 15.1 Å². The minimum Gasteiger partial charge on any atom is -0.391 e. The van der Waals surface area contributed by atoms with Gasteiger partial charge in [0.15, 0.2) is 0 Å². The predicted octanol–water partition coefficient (Wildman–Crippen LogP) is 4.23. The van der Waals surface area contributed by atoms with Gasteiger partial charge in [0.25, 0.3) is 0 Å². The second-order valence-corrected chi connectivity index (χ2v) is 5.72. The largest absolute Gasteiger partial charge is 0.391 e. The highest BCUT2D eigenvalue weighted by atomic mass is 35.5. The van der Waals surface area contributed by atoms with Crippen LogP contribution in [0.5, 0.6) is 0 Å². The highest BCUT2D eigenvalue weighted by Gasteiger charge is 2.32. The topological polar surface area (TPSA) is 46.2 Å². The third-order valence-electron chi connectivity index (χ3n) is 3.38. The number of hydrogen-bond acceptors (Lipinski definition) is 2. The first-order valence-electron chi connectivity index (χ1n) is 5.59. The van der Waals surface area contributed by atoms with Crippen molar-refractivity contribution in [3.05, 3.63) is 32.8 Å². The molecule has 2 rings (SSSR count). The van der Waals surface area contributed by atoms with E-state index in [-0.39, 0.29) is 18.3 Å². The van der Waals surface area contributed by atoms with Crippen LogP contribution in [0.4, 0.5) is 0 Å². The zero-order valence-corrected chi connectivity index (χ0v) is 12.7. The van der Waals surface area contributed by atoms with Gasteiger partial charge in [-0.3, -0.25) is 0 Å². The molecule has 2 nitrogen and oxygen atoms in total. The van der Waals surface area contributed by atoms with Crippen LogP contribution in [0.25, 0.3) is 0 Å². The zero-order valence-electron chi connectivity index (χ0n) is 9.57. The molecule has 18 heavy (non-hydrogen) atoms. The first-order chi connectivity index (χ1) is 8.00. The standard InChI is InChI=1S/C12H14Cl3NO.ClH/c13-7-4-8(10(15)9(14)5-7)11(16)12(17)6-2-1-3-6;/h4-6,11-12,17H,1-3,16H2;1H/t11-,12+;/m1./s1. The maximum absolute atomic E-state index is 10.1. The van der Waals surface area contributed by atoms with E-state index in [0.29, 0.717) is 20.6 Å². The van der Waals surface area contributed by atoms with Crippen molar-refractivity contribution >= 4 is 47.2 Å². The molecule has 102 valence electrons. The molecule has 1 saturated carbocycles. The predicted molar refractivity (Wildman–Crippen MR) is 79.0 cm³/mol. The quantitative estimate of drug-likeness (QED) is 0.815. The maximum atomic E-state index is 10.1. The highest BCUT2D eigenvalue weighted by molar-refractivity contribution is 6.43. The number of hydrogen-bond donors (Lipinski definition) is 2. The SMILES string of the molecule is Cl.N[C@H](c1cc(Cl)cc(Cl)c1Cl)[C@@H](O)C1CCC1. The monoisotopic (exact) mass is 329 g/mol. The summed E-state index contributed by atoms with van der Waals surface area (Å²) in [5.41, 5.74) is 6.65. The number of aliphatic hydroxyl groups is 1. The van der Waals surface area contributed by atoms with Crippen LogP contribution in [0.3, 0.4) is 0 Å². The van der Waals surface area contributed by atoms with E-state index in [9.17, 15) is 5.11 Å². The summed E-state index contributed by atoms with van der Waals surface area (Å²) in [6.45, 7) is 0. The molecule has 1 aliphatic carbocycles. The van der Waals surface area contributed by atoms with Crippen molar-refractivity contribution in [3.8, 4) is 0 Å². The van der Waals surface area contributed by atoms with Crippen molar-refractivity contribution < 1.29 is 5.11 Å². The maximum Gasteiger partial charge on any atom is 0.0761 e. The van der Waals surface area contributed by atoms with Crippen LogP contribution in [-0.4, -0.2) is 11.2 Å². The molecule has 2 atom stereocenters. The van der Waals surface area contributed by atoms with Crippen molar-refractivity contribution in [3.63, 3.8) is 0 Å². The van der Waals surface area contributed by atoms with E-state index in [1.54, 1.807) is 12.1 Å².